The van der Waals surface area contributed by atoms with Crippen LogP contribution in [0, 0.1) is 5.92 Å². The first-order chi connectivity index (χ1) is 9.20. The van der Waals surface area contributed by atoms with Crippen LogP contribution in [0.1, 0.15) is 23.2 Å². The number of amides is 1. The summed E-state index contributed by atoms with van der Waals surface area (Å²) in [6.45, 7) is 0.616. The molecule has 110 valence electrons. The second-order valence-electron chi connectivity index (χ2n) is 4.83. The quantitative estimate of drug-likeness (QED) is 0.777. The van der Waals surface area contributed by atoms with Crippen LogP contribution >= 0.6 is 33.9 Å². The van der Waals surface area contributed by atoms with Crippen molar-refractivity contribution in [2.24, 2.45) is 5.92 Å². The van der Waals surface area contributed by atoms with E-state index in [4.69, 9.17) is 33.9 Å². The number of rotatable bonds is 4. The third-order valence-electron chi connectivity index (χ3n) is 3.07. The van der Waals surface area contributed by atoms with Gasteiger partial charge in [-0.2, -0.15) is 0 Å². The summed E-state index contributed by atoms with van der Waals surface area (Å²) in [7, 11) is 2.87. The fourth-order valence-electron chi connectivity index (χ4n) is 1.87. The molecule has 1 aromatic rings. The Morgan fingerprint density at radius 2 is 1.95 bits per heavy atom. The number of nitrogens with zero attached hydrogens (tertiary/aromatic N) is 1. The van der Waals surface area contributed by atoms with E-state index in [1.165, 1.54) is 11.0 Å². The lowest BCUT2D eigenvalue weighted by molar-refractivity contribution is 0.0788. The molecule has 0 heterocycles. The summed E-state index contributed by atoms with van der Waals surface area (Å²) in [5, 5.41) is -0.103. The van der Waals surface area contributed by atoms with Gasteiger partial charge >= 0.3 is 0 Å². The molecule has 0 unspecified atom stereocenters. The molecule has 1 amide bonds. The predicted octanol–water partition coefficient (Wildman–Crippen LogP) is 3.40. The number of carbonyl (C=O) groups excluding carboxylic acids is 1. The lowest BCUT2D eigenvalue weighted by Crippen LogP contribution is -2.29. The van der Waals surface area contributed by atoms with E-state index in [1.54, 1.807) is 7.05 Å². The van der Waals surface area contributed by atoms with Gasteiger partial charge in [0.2, 0.25) is 0 Å². The van der Waals surface area contributed by atoms with Gasteiger partial charge in [0.25, 0.3) is 15.0 Å². The number of halogens is 3. The lowest BCUT2D eigenvalue weighted by atomic mass is 10.2. The summed E-state index contributed by atoms with van der Waals surface area (Å²) >= 11 is 11.8. The van der Waals surface area contributed by atoms with E-state index in [1.807, 2.05) is 0 Å². The summed E-state index contributed by atoms with van der Waals surface area (Å²) in [4.78, 5) is 13.5. The number of benzene rings is 1. The van der Waals surface area contributed by atoms with Crippen molar-refractivity contribution in [3.8, 4) is 0 Å². The van der Waals surface area contributed by atoms with E-state index in [2.05, 4.69) is 0 Å². The molecular formula is C12H12Cl3NO3S. The molecular weight excluding hydrogens is 345 g/mol. The molecule has 1 saturated carbocycles. The van der Waals surface area contributed by atoms with Gasteiger partial charge in [-0.1, -0.05) is 23.2 Å². The van der Waals surface area contributed by atoms with Crippen molar-refractivity contribution < 1.29 is 13.2 Å². The van der Waals surface area contributed by atoms with Crippen molar-refractivity contribution in [3.05, 3.63) is 27.7 Å². The first-order valence-electron chi connectivity index (χ1n) is 5.89. The molecule has 0 saturated heterocycles. The maximum absolute atomic E-state index is 12.3. The summed E-state index contributed by atoms with van der Waals surface area (Å²) in [5.41, 5.74) is 0.0431. The molecule has 4 nitrogen and oxygen atoms in total. The molecule has 1 fully saturated rings. The molecule has 0 radical (unpaired) electrons. The smallest absolute Gasteiger partial charge is 0.262 e. The average molecular weight is 357 g/mol. The van der Waals surface area contributed by atoms with Crippen LogP contribution in [-0.4, -0.2) is 32.8 Å². The maximum Gasteiger partial charge on any atom is 0.262 e. The van der Waals surface area contributed by atoms with Crippen molar-refractivity contribution >= 4 is 48.8 Å². The first-order valence-corrected chi connectivity index (χ1v) is 8.96. The van der Waals surface area contributed by atoms with Crippen LogP contribution in [0.2, 0.25) is 10.0 Å². The maximum atomic E-state index is 12.3. The van der Waals surface area contributed by atoms with Gasteiger partial charge in [-0.15, -0.1) is 0 Å². The van der Waals surface area contributed by atoms with Crippen molar-refractivity contribution in [2.75, 3.05) is 13.6 Å². The highest BCUT2D eigenvalue weighted by molar-refractivity contribution is 8.13. The molecule has 0 aliphatic heterocycles. The summed E-state index contributed by atoms with van der Waals surface area (Å²) < 4.78 is 22.9. The molecule has 1 aromatic carbocycles. The second kappa shape index (κ2) is 5.72. The van der Waals surface area contributed by atoms with E-state index >= 15 is 0 Å². The zero-order chi connectivity index (χ0) is 15.1. The van der Waals surface area contributed by atoms with Crippen molar-refractivity contribution in [1.82, 2.24) is 4.90 Å². The Bertz CT molecular complexity index is 656. The van der Waals surface area contributed by atoms with E-state index in [0.29, 0.717) is 12.5 Å². The summed E-state index contributed by atoms with van der Waals surface area (Å²) in [6.07, 6.45) is 2.20. The third-order valence-corrected chi connectivity index (χ3v) is 5.16. The summed E-state index contributed by atoms with van der Waals surface area (Å²) in [6, 6.07) is 2.48. The monoisotopic (exact) mass is 355 g/mol. The Hall–Kier alpha value is -0.490. The molecule has 8 heteroatoms. The van der Waals surface area contributed by atoms with Crippen LogP contribution in [0.25, 0.3) is 0 Å². The standard InChI is InChI=1S/C12H12Cl3NO3S/c1-16(6-7-2-3-7)12(17)9-4-8(13)5-10(11(9)14)20(15,18)19/h4-5,7H,2-3,6H2,1H3. The molecule has 0 aromatic heterocycles. The average Bonchev–Trinajstić information content (AvgIpc) is 3.13. The largest absolute Gasteiger partial charge is 0.341 e. The topological polar surface area (TPSA) is 54.5 Å². The van der Waals surface area contributed by atoms with Gasteiger partial charge in [0.1, 0.15) is 4.90 Å². The SMILES string of the molecule is CN(CC1CC1)C(=O)c1cc(Cl)cc(S(=O)(=O)Cl)c1Cl. The molecule has 20 heavy (non-hydrogen) atoms. The van der Waals surface area contributed by atoms with Gasteiger partial charge in [0.15, 0.2) is 0 Å². The number of hydrogen-bond acceptors (Lipinski definition) is 3. The minimum atomic E-state index is -4.06. The molecule has 0 atom stereocenters. The molecule has 0 bridgehead atoms. The van der Waals surface area contributed by atoms with Crippen LogP contribution < -0.4 is 0 Å². The number of hydrogen-bond donors (Lipinski definition) is 0. The Morgan fingerprint density at radius 3 is 2.45 bits per heavy atom. The van der Waals surface area contributed by atoms with Gasteiger partial charge < -0.3 is 4.90 Å². The van der Waals surface area contributed by atoms with Crippen molar-refractivity contribution in [1.29, 1.82) is 0 Å². The zero-order valence-corrected chi connectivity index (χ0v) is 13.7. The third kappa shape index (κ3) is 3.58. The van der Waals surface area contributed by atoms with Gasteiger partial charge in [0.05, 0.1) is 10.6 Å². The molecule has 0 spiro atoms. The van der Waals surface area contributed by atoms with Gasteiger partial charge in [-0.05, 0) is 30.9 Å². The molecule has 2 rings (SSSR count). The Balaban J connectivity index is 2.40. The fraction of sp³-hybridized carbons (Fsp3) is 0.417. The minimum Gasteiger partial charge on any atom is -0.341 e. The second-order valence-corrected chi connectivity index (χ2v) is 8.18. The van der Waals surface area contributed by atoms with E-state index in [9.17, 15) is 13.2 Å². The highest BCUT2D eigenvalue weighted by Crippen LogP contribution is 2.33. The molecule has 0 N–H and O–H groups in total. The van der Waals surface area contributed by atoms with E-state index < -0.39 is 9.05 Å². The zero-order valence-electron chi connectivity index (χ0n) is 10.6. The molecule has 1 aliphatic rings. The van der Waals surface area contributed by atoms with Gasteiger partial charge in [-0.3, -0.25) is 4.79 Å². The highest BCUT2D eigenvalue weighted by Gasteiger charge is 2.28. The van der Waals surface area contributed by atoms with Crippen LogP contribution in [0.5, 0.6) is 0 Å². The summed E-state index contributed by atoms with van der Waals surface area (Å²) in [5.74, 6) is 0.143. The fourth-order valence-corrected chi connectivity index (χ4v) is 3.73. The van der Waals surface area contributed by atoms with Crippen LogP contribution in [-0.2, 0) is 9.05 Å². The molecule has 1 aliphatic carbocycles. The number of carbonyl (C=O) groups is 1. The Labute approximate surface area is 132 Å². The van der Waals surface area contributed by atoms with Gasteiger partial charge in [-0.25, -0.2) is 8.42 Å². The van der Waals surface area contributed by atoms with Crippen LogP contribution in [0.3, 0.4) is 0 Å². The highest BCUT2D eigenvalue weighted by atomic mass is 35.7. The normalized spacial score (nSPS) is 15.2. The predicted molar refractivity (Wildman–Crippen MR) is 79.2 cm³/mol. The van der Waals surface area contributed by atoms with Crippen LogP contribution in [0.4, 0.5) is 0 Å². The minimum absolute atomic E-state index is 0.0431. The lowest BCUT2D eigenvalue weighted by Gasteiger charge is -2.18. The first kappa shape index (κ1) is 15.9. The van der Waals surface area contributed by atoms with Crippen molar-refractivity contribution in [2.45, 2.75) is 17.7 Å². The van der Waals surface area contributed by atoms with Gasteiger partial charge in [0, 0.05) is 29.3 Å². The van der Waals surface area contributed by atoms with E-state index in [-0.39, 0.29) is 26.4 Å². The Kier molecular flexibility index (Phi) is 4.54. The van der Waals surface area contributed by atoms with E-state index in [0.717, 1.165) is 18.9 Å². The Morgan fingerprint density at radius 1 is 1.35 bits per heavy atom. The van der Waals surface area contributed by atoms with Crippen molar-refractivity contribution in [3.63, 3.8) is 0 Å². The van der Waals surface area contributed by atoms with Crippen LogP contribution in [0.15, 0.2) is 17.0 Å².